The van der Waals surface area contributed by atoms with Gasteiger partial charge in [0.15, 0.2) is 5.16 Å². The predicted molar refractivity (Wildman–Crippen MR) is 112 cm³/mol. The number of ether oxygens (including phenoxy) is 1. The van der Waals surface area contributed by atoms with Gasteiger partial charge in [-0.25, -0.2) is 4.98 Å². The molecule has 0 aliphatic carbocycles. The molecule has 0 saturated carbocycles. The number of thioether (sulfide) groups is 1. The molecule has 1 aromatic heterocycles. The van der Waals surface area contributed by atoms with Crippen molar-refractivity contribution in [3.8, 4) is 5.75 Å². The van der Waals surface area contributed by atoms with E-state index in [9.17, 15) is 9.59 Å². The molecule has 1 aliphatic heterocycles. The van der Waals surface area contributed by atoms with Gasteiger partial charge in [0.2, 0.25) is 5.91 Å². The molecule has 8 heteroatoms. The van der Waals surface area contributed by atoms with Crippen LogP contribution in [0.1, 0.15) is 15.9 Å². The van der Waals surface area contributed by atoms with Crippen LogP contribution in [0.15, 0.2) is 47.6 Å². The molecule has 7 nitrogen and oxygen atoms in total. The second-order valence-electron chi connectivity index (χ2n) is 6.95. The van der Waals surface area contributed by atoms with Crippen LogP contribution in [0.4, 0.5) is 0 Å². The Labute approximate surface area is 173 Å². The maximum Gasteiger partial charge on any atom is 0.255 e. The van der Waals surface area contributed by atoms with E-state index in [1.54, 1.807) is 16.9 Å². The lowest BCUT2D eigenvalue weighted by molar-refractivity contribution is -0.127. The summed E-state index contributed by atoms with van der Waals surface area (Å²) in [7, 11) is 1.62. The lowest BCUT2D eigenvalue weighted by atomic mass is 10.1. The molecule has 29 heavy (non-hydrogen) atoms. The molecule has 1 fully saturated rings. The van der Waals surface area contributed by atoms with Gasteiger partial charge in [-0.1, -0.05) is 29.5 Å². The number of nitrogens with zero attached hydrogens (tertiary/aromatic N) is 3. The SMILES string of the molecule is COc1ccc2nc(SCC(=O)N3CCN(C(=O)c4ccc(C)cc4)C3)[nH]c2c1. The van der Waals surface area contributed by atoms with Gasteiger partial charge >= 0.3 is 0 Å². The van der Waals surface area contributed by atoms with E-state index in [1.165, 1.54) is 11.8 Å². The van der Waals surface area contributed by atoms with E-state index >= 15 is 0 Å². The Kier molecular flexibility index (Phi) is 5.44. The van der Waals surface area contributed by atoms with Crippen molar-refractivity contribution in [2.45, 2.75) is 12.1 Å². The van der Waals surface area contributed by atoms with Gasteiger partial charge in [0.1, 0.15) is 5.75 Å². The summed E-state index contributed by atoms with van der Waals surface area (Å²) in [5.74, 6) is 0.972. The summed E-state index contributed by atoms with van der Waals surface area (Å²) in [6.07, 6.45) is 0. The molecule has 2 amide bonds. The smallest absolute Gasteiger partial charge is 0.255 e. The molecule has 150 valence electrons. The monoisotopic (exact) mass is 410 g/mol. The predicted octanol–water partition coefficient (Wildman–Crippen LogP) is 2.91. The molecular formula is C21H22N4O3S. The number of amides is 2. The molecule has 2 heterocycles. The third kappa shape index (κ3) is 4.22. The summed E-state index contributed by atoms with van der Waals surface area (Å²) in [4.78, 5) is 36.3. The average Bonchev–Trinajstić information content (AvgIpc) is 3.38. The number of carbonyl (C=O) groups is 2. The summed E-state index contributed by atoms with van der Waals surface area (Å²) in [5, 5.41) is 0.688. The molecule has 1 saturated heterocycles. The topological polar surface area (TPSA) is 78.5 Å². The fourth-order valence-electron chi connectivity index (χ4n) is 3.22. The van der Waals surface area contributed by atoms with E-state index in [2.05, 4.69) is 9.97 Å². The van der Waals surface area contributed by atoms with E-state index in [4.69, 9.17) is 4.74 Å². The highest BCUT2D eigenvalue weighted by molar-refractivity contribution is 7.99. The van der Waals surface area contributed by atoms with Crippen molar-refractivity contribution >= 4 is 34.6 Å². The first-order chi connectivity index (χ1) is 14.0. The summed E-state index contributed by atoms with van der Waals surface area (Å²) in [5.41, 5.74) is 3.46. The van der Waals surface area contributed by atoms with Crippen molar-refractivity contribution < 1.29 is 14.3 Å². The zero-order valence-electron chi connectivity index (χ0n) is 16.3. The normalized spacial score (nSPS) is 13.9. The van der Waals surface area contributed by atoms with E-state index < -0.39 is 0 Å². The second kappa shape index (κ2) is 8.16. The van der Waals surface area contributed by atoms with Crippen molar-refractivity contribution in [1.82, 2.24) is 19.8 Å². The highest BCUT2D eigenvalue weighted by atomic mass is 32.2. The van der Waals surface area contributed by atoms with E-state index in [0.717, 1.165) is 22.3 Å². The number of benzene rings is 2. The molecule has 4 rings (SSSR count). The van der Waals surface area contributed by atoms with Crippen LogP contribution < -0.4 is 4.74 Å². The minimum Gasteiger partial charge on any atom is -0.497 e. The zero-order valence-corrected chi connectivity index (χ0v) is 17.2. The maximum atomic E-state index is 12.6. The lowest BCUT2D eigenvalue weighted by Gasteiger charge is -2.18. The number of hydrogen-bond acceptors (Lipinski definition) is 5. The molecule has 0 unspecified atom stereocenters. The van der Waals surface area contributed by atoms with Crippen LogP contribution in [0.3, 0.4) is 0 Å². The van der Waals surface area contributed by atoms with E-state index in [-0.39, 0.29) is 17.6 Å². The Hall–Kier alpha value is -3.00. The van der Waals surface area contributed by atoms with Gasteiger partial charge in [-0.3, -0.25) is 9.59 Å². The summed E-state index contributed by atoms with van der Waals surface area (Å²) in [6.45, 7) is 3.41. The molecule has 0 radical (unpaired) electrons. The molecule has 0 atom stereocenters. The number of nitrogens with one attached hydrogen (secondary N) is 1. The third-order valence-corrected chi connectivity index (χ3v) is 5.78. The first-order valence-electron chi connectivity index (χ1n) is 9.34. The van der Waals surface area contributed by atoms with Crippen molar-refractivity contribution in [3.05, 3.63) is 53.6 Å². The number of aromatic nitrogens is 2. The molecular weight excluding hydrogens is 388 g/mol. The first-order valence-corrected chi connectivity index (χ1v) is 10.3. The quantitative estimate of drug-likeness (QED) is 0.655. The molecule has 1 N–H and O–H groups in total. The minimum atomic E-state index is -0.0424. The van der Waals surface area contributed by atoms with Crippen molar-refractivity contribution in [2.75, 3.05) is 32.6 Å². The Morgan fingerprint density at radius 1 is 1.14 bits per heavy atom. The van der Waals surface area contributed by atoms with Gasteiger partial charge in [0.05, 0.1) is 30.6 Å². The number of imidazole rings is 1. The average molecular weight is 410 g/mol. The van der Waals surface area contributed by atoms with Crippen molar-refractivity contribution in [3.63, 3.8) is 0 Å². The van der Waals surface area contributed by atoms with Gasteiger partial charge in [-0.15, -0.1) is 0 Å². The van der Waals surface area contributed by atoms with Gasteiger partial charge in [0.25, 0.3) is 5.91 Å². The van der Waals surface area contributed by atoms with Crippen molar-refractivity contribution in [2.24, 2.45) is 0 Å². The Balaban J connectivity index is 1.33. The Bertz CT molecular complexity index is 1050. The van der Waals surface area contributed by atoms with Crippen LogP contribution in [0, 0.1) is 6.92 Å². The van der Waals surface area contributed by atoms with Gasteiger partial charge in [-0.05, 0) is 31.2 Å². The highest BCUT2D eigenvalue weighted by Gasteiger charge is 2.28. The number of aromatic amines is 1. The summed E-state index contributed by atoms with van der Waals surface area (Å²) < 4.78 is 5.22. The third-order valence-electron chi connectivity index (χ3n) is 4.92. The number of hydrogen-bond donors (Lipinski definition) is 1. The maximum absolute atomic E-state index is 12.6. The van der Waals surface area contributed by atoms with E-state index in [0.29, 0.717) is 30.5 Å². The zero-order chi connectivity index (χ0) is 20.4. The summed E-state index contributed by atoms with van der Waals surface area (Å²) >= 11 is 1.36. The number of rotatable bonds is 5. The number of methoxy groups -OCH3 is 1. The van der Waals surface area contributed by atoms with Crippen molar-refractivity contribution in [1.29, 1.82) is 0 Å². The largest absolute Gasteiger partial charge is 0.497 e. The molecule has 2 aromatic carbocycles. The fraction of sp³-hybridized carbons (Fsp3) is 0.286. The lowest BCUT2D eigenvalue weighted by Crippen LogP contribution is -2.34. The molecule has 1 aliphatic rings. The van der Waals surface area contributed by atoms with Crippen LogP contribution in [0.5, 0.6) is 5.75 Å². The summed E-state index contributed by atoms with van der Waals surface area (Å²) in [6, 6.07) is 13.1. The first kappa shape index (κ1) is 19.3. The minimum absolute atomic E-state index is 0.00718. The van der Waals surface area contributed by atoms with Crippen LogP contribution in [0.25, 0.3) is 11.0 Å². The number of fused-ring (bicyclic) bond motifs is 1. The van der Waals surface area contributed by atoms with Crippen LogP contribution >= 0.6 is 11.8 Å². The van der Waals surface area contributed by atoms with E-state index in [1.807, 2.05) is 49.4 Å². The molecule has 0 spiro atoms. The molecule has 0 bridgehead atoms. The Morgan fingerprint density at radius 3 is 2.66 bits per heavy atom. The van der Waals surface area contributed by atoms with Gasteiger partial charge < -0.3 is 19.5 Å². The fourth-order valence-corrected chi connectivity index (χ4v) is 4.01. The van der Waals surface area contributed by atoms with Gasteiger partial charge in [0, 0.05) is 24.7 Å². The number of H-pyrrole nitrogens is 1. The van der Waals surface area contributed by atoms with Crippen LogP contribution in [0.2, 0.25) is 0 Å². The number of aryl methyl sites for hydroxylation is 1. The second-order valence-corrected chi connectivity index (χ2v) is 7.91. The van der Waals surface area contributed by atoms with Gasteiger partial charge in [-0.2, -0.15) is 0 Å². The molecule has 3 aromatic rings. The highest BCUT2D eigenvalue weighted by Crippen LogP contribution is 2.23. The number of carbonyl (C=O) groups excluding carboxylic acids is 2. The van der Waals surface area contributed by atoms with Crippen LogP contribution in [-0.2, 0) is 4.79 Å². The van der Waals surface area contributed by atoms with Crippen LogP contribution in [-0.4, -0.2) is 64.2 Å². The standard InChI is InChI=1S/C21H22N4O3S/c1-14-3-5-15(6-4-14)20(27)25-10-9-24(13-25)19(26)12-29-21-22-17-8-7-16(28-2)11-18(17)23-21/h3-8,11H,9-10,12-13H2,1-2H3,(H,22,23). The Morgan fingerprint density at radius 2 is 1.90 bits per heavy atom.